The zero-order valence-corrected chi connectivity index (χ0v) is 11.5. The fourth-order valence-corrected chi connectivity index (χ4v) is 3.44. The normalized spacial score (nSPS) is 32.7. The van der Waals surface area contributed by atoms with E-state index >= 15 is 0 Å². The molecular formula is C14H19N5O. The highest BCUT2D eigenvalue weighted by Gasteiger charge is 2.50. The zero-order valence-electron chi connectivity index (χ0n) is 11.5. The third-order valence-corrected chi connectivity index (χ3v) is 4.49. The Bertz CT molecular complexity index is 640. The molecule has 3 N–H and O–H groups in total. The van der Waals surface area contributed by atoms with Gasteiger partial charge in [-0.25, -0.2) is 9.50 Å². The van der Waals surface area contributed by atoms with Crippen molar-refractivity contribution in [3.63, 3.8) is 0 Å². The van der Waals surface area contributed by atoms with Gasteiger partial charge < -0.3 is 15.8 Å². The third-order valence-electron chi connectivity index (χ3n) is 4.49. The van der Waals surface area contributed by atoms with Gasteiger partial charge in [-0.05, 0) is 25.8 Å². The molecule has 3 heterocycles. The largest absolute Gasteiger partial charge is 0.376 e. The highest BCUT2D eigenvalue weighted by atomic mass is 16.5. The van der Waals surface area contributed by atoms with Gasteiger partial charge in [-0.1, -0.05) is 0 Å². The molecule has 0 radical (unpaired) electrons. The molecule has 0 amide bonds. The fraction of sp³-hybridized carbons (Fsp3) is 0.571. The molecule has 6 nitrogen and oxygen atoms in total. The van der Waals surface area contributed by atoms with E-state index in [-0.39, 0.29) is 18.2 Å². The molecule has 4 rings (SSSR count). The predicted octanol–water partition coefficient (Wildman–Crippen LogP) is 0.954. The Morgan fingerprint density at radius 3 is 3.30 bits per heavy atom. The van der Waals surface area contributed by atoms with Gasteiger partial charge in [0, 0.05) is 31.0 Å². The van der Waals surface area contributed by atoms with Gasteiger partial charge in [0.2, 0.25) is 0 Å². The van der Waals surface area contributed by atoms with Crippen LogP contribution in [0, 0.1) is 12.8 Å². The summed E-state index contributed by atoms with van der Waals surface area (Å²) >= 11 is 0. The number of anilines is 1. The van der Waals surface area contributed by atoms with Gasteiger partial charge >= 0.3 is 0 Å². The molecule has 2 fully saturated rings. The van der Waals surface area contributed by atoms with E-state index in [2.05, 4.69) is 15.4 Å². The summed E-state index contributed by atoms with van der Waals surface area (Å²) in [6, 6.07) is 2.32. The second-order valence-electron chi connectivity index (χ2n) is 5.78. The van der Waals surface area contributed by atoms with Crippen molar-refractivity contribution in [2.24, 2.45) is 11.7 Å². The van der Waals surface area contributed by atoms with Crippen LogP contribution in [0.2, 0.25) is 0 Å². The molecule has 6 heteroatoms. The molecule has 1 saturated carbocycles. The summed E-state index contributed by atoms with van der Waals surface area (Å²) in [5.41, 5.74) is 8.24. The first kappa shape index (κ1) is 12.1. The Balaban J connectivity index is 1.61. The number of nitrogens with one attached hydrogen (secondary N) is 1. The second-order valence-corrected chi connectivity index (χ2v) is 5.78. The number of aromatic nitrogens is 3. The van der Waals surface area contributed by atoms with Crippen molar-refractivity contribution < 1.29 is 4.74 Å². The Labute approximate surface area is 117 Å². The summed E-state index contributed by atoms with van der Waals surface area (Å²) in [7, 11) is 0. The summed E-state index contributed by atoms with van der Waals surface area (Å²) in [6.45, 7) is 2.82. The second kappa shape index (κ2) is 4.43. The van der Waals surface area contributed by atoms with Crippen LogP contribution in [0.4, 0.5) is 5.82 Å². The van der Waals surface area contributed by atoms with Gasteiger partial charge in [0.1, 0.15) is 5.52 Å². The lowest BCUT2D eigenvalue weighted by atomic mass is 9.68. The molecular weight excluding hydrogens is 254 g/mol. The van der Waals surface area contributed by atoms with Crippen LogP contribution in [0.3, 0.4) is 0 Å². The van der Waals surface area contributed by atoms with E-state index < -0.39 is 0 Å². The van der Waals surface area contributed by atoms with E-state index in [0.717, 1.165) is 30.1 Å². The molecule has 2 aliphatic rings. The van der Waals surface area contributed by atoms with E-state index in [1.54, 1.807) is 6.20 Å². The van der Waals surface area contributed by atoms with Gasteiger partial charge in [0.15, 0.2) is 5.82 Å². The number of nitrogens with zero attached hydrogens (tertiary/aromatic N) is 3. The average molecular weight is 273 g/mol. The van der Waals surface area contributed by atoms with Crippen molar-refractivity contribution in [3.05, 3.63) is 24.2 Å². The van der Waals surface area contributed by atoms with Crippen LogP contribution in [0.5, 0.6) is 0 Å². The highest BCUT2D eigenvalue weighted by molar-refractivity contribution is 5.68. The van der Waals surface area contributed by atoms with E-state index in [4.69, 9.17) is 10.5 Å². The molecule has 106 valence electrons. The summed E-state index contributed by atoms with van der Waals surface area (Å²) in [6.07, 6.45) is 6.13. The lowest BCUT2D eigenvalue weighted by Gasteiger charge is -2.52. The van der Waals surface area contributed by atoms with Crippen LogP contribution >= 0.6 is 0 Å². The van der Waals surface area contributed by atoms with Crippen molar-refractivity contribution in [2.45, 2.75) is 38.0 Å². The van der Waals surface area contributed by atoms with E-state index in [0.29, 0.717) is 5.92 Å². The molecule has 1 aliphatic carbocycles. The maximum Gasteiger partial charge on any atom is 0.152 e. The molecule has 0 spiro atoms. The first-order valence-corrected chi connectivity index (χ1v) is 7.19. The number of rotatable bonds is 2. The predicted molar refractivity (Wildman–Crippen MR) is 75.6 cm³/mol. The molecule has 2 aromatic heterocycles. The van der Waals surface area contributed by atoms with Crippen LogP contribution in [0.25, 0.3) is 5.52 Å². The molecule has 2 aromatic rings. The summed E-state index contributed by atoms with van der Waals surface area (Å²) in [4.78, 5) is 4.43. The summed E-state index contributed by atoms with van der Waals surface area (Å²) in [5.74, 6) is 1.33. The van der Waals surface area contributed by atoms with Crippen LogP contribution in [0.1, 0.15) is 18.5 Å². The molecule has 4 unspecified atom stereocenters. The van der Waals surface area contributed by atoms with E-state index in [1.807, 2.05) is 23.7 Å². The van der Waals surface area contributed by atoms with Gasteiger partial charge in [0.05, 0.1) is 17.8 Å². The van der Waals surface area contributed by atoms with Crippen molar-refractivity contribution in [2.75, 3.05) is 11.9 Å². The summed E-state index contributed by atoms with van der Waals surface area (Å²) in [5, 5.41) is 7.86. The molecule has 4 atom stereocenters. The van der Waals surface area contributed by atoms with Crippen molar-refractivity contribution in [1.82, 2.24) is 14.6 Å². The Morgan fingerprint density at radius 2 is 2.40 bits per heavy atom. The molecule has 1 aliphatic heterocycles. The smallest absolute Gasteiger partial charge is 0.152 e. The number of fused-ring (bicyclic) bond motifs is 2. The van der Waals surface area contributed by atoms with Gasteiger partial charge in [-0.3, -0.25) is 0 Å². The van der Waals surface area contributed by atoms with Crippen molar-refractivity contribution in [1.29, 1.82) is 0 Å². The van der Waals surface area contributed by atoms with Gasteiger partial charge in [-0.15, -0.1) is 0 Å². The monoisotopic (exact) mass is 273 g/mol. The fourth-order valence-electron chi connectivity index (χ4n) is 3.44. The molecule has 0 aromatic carbocycles. The van der Waals surface area contributed by atoms with Gasteiger partial charge in [0.25, 0.3) is 0 Å². The van der Waals surface area contributed by atoms with E-state index in [1.165, 1.54) is 6.42 Å². The van der Waals surface area contributed by atoms with E-state index in [9.17, 15) is 0 Å². The minimum Gasteiger partial charge on any atom is -0.376 e. The molecule has 20 heavy (non-hydrogen) atoms. The van der Waals surface area contributed by atoms with Gasteiger partial charge in [-0.2, -0.15) is 5.10 Å². The van der Waals surface area contributed by atoms with Crippen LogP contribution < -0.4 is 11.1 Å². The van der Waals surface area contributed by atoms with Crippen LogP contribution in [0.15, 0.2) is 18.5 Å². The standard InChI is InChI=1S/C14H19N5O/c1-8-7-10-14(16-4-5-19(10)18-8)17-12-11(15)9-3-2-6-20-13(9)12/h4-5,7,9,11-13H,2-3,6,15H2,1H3,(H,16,17). The summed E-state index contributed by atoms with van der Waals surface area (Å²) < 4.78 is 7.70. The van der Waals surface area contributed by atoms with Crippen LogP contribution in [-0.2, 0) is 4.74 Å². The number of hydrogen-bond acceptors (Lipinski definition) is 5. The lowest BCUT2D eigenvalue weighted by Crippen LogP contribution is -2.69. The topological polar surface area (TPSA) is 77.5 Å². The average Bonchev–Trinajstić information content (AvgIpc) is 2.85. The first-order chi connectivity index (χ1) is 9.74. The van der Waals surface area contributed by atoms with Crippen molar-refractivity contribution >= 4 is 11.3 Å². The number of hydrogen-bond donors (Lipinski definition) is 2. The maximum absolute atomic E-state index is 6.28. The minimum atomic E-state index is 0.145. The van der Waals surface area contributed by atoms with Crippen LogP contribution in [-0.4, -0.2) is 39.4 Å². The lowest BCUT2D eigenvalue weighted by molar-refractivity contribution is -0.104. The SMILES string of the molecule is Cc1cc2c(NC3C(N)C4CCCOC43)nccn2n1. The zero-order chi connectivity index (χ0) is 13.7. The third kappa shape index (κ3) is 1.72. The first-order valence-electron chi connectivity index (χ1n) is 7.19. The molecule has 0 bridgehead atoms. The Kier molecular flexibility index (Phi) is 2.68. The number of aryl methyl sites for hydroxylation is 1. The number of nitrogens with two attached hydrogens (primary N) is 1. The Morgan fingerprint density at radius 1 is 1.50 bits per heavy atom. The quantitative estimate of drug-likeness (QED) is 0.852. The Hall–Kier alpha value is -1.66. The van der Waals surface area contributed by atoms with Crippen molar-refractivity contribution in [3.8, 4) is 0 Å². The molecule has 1 saturated heterocycles. The number of ether oxygens (including phenoxy) is 1. The highest BCUT2D eigenvalue weighted by Crippen LogP contribution is 2.38. The minimum absolute atomic E-state index is 0.145. The maximum atomic E-state index is 6.28.